The molecular formula is C33H26Cl2N2O2. The Hall–Kier alpha value is -4.12. The number of fused-ring (bicyclic) bond motifs is 2. The molecule has 5 rings (SSSR count). The molecule has 194 valence electrons. The SMILES string of the molecule is C=Cc1c(/C=C\C)c2c(cc(/C=C3\C(=O)C(/C=C/Cl)=C(C(/C)=C\Cl)C3=O)n2C)n1-c1cccc2ccccc12. The number of hydrogen-bond donors (Lipinski definition) is 0. The standard InChI is InChI=1S/C33H26Cl2N2O2/c1-5-10-24-27(6-2)37(28-14-9-12-21-11-7-8-13-23(21)28)29-18-22(36(4)31(24)29)17-26-32(38)25(15-16-34)30(33(26)39)20(3)19-35/h5-19H,2H2,1,3-4H3/b10-5-,16-15+,20-19-,26-17+. The van der Waals surface area contributed by atoms with E-state index in [-0.39, 0.29) is 28.3 Å². The van der Waals surface area contributed by atoms with E-state index in [9.17, 15) is 9.59 Å². The third-order valence-electron chi connectivity index (χ3n) is 7.11. The summed E-state index contributed by atoms with van der Waals surface area (Å²) in [6, 6.07) is 16.5. The quantitative estimate of drug-likeness (QED) is 0.177. The third kappa shape index (κ3) is 4.17. The molecule has 0 radical (unpaired) electrons. The minimum Gasteiger partial charge on any atom is -0.342 e. The predicted octanol–water partition coefficient (Wildman–Crippen LogP) is 8.53. The van der Waals surface area contributed by atoms with Gasteiger partial charge >= 0.3 is 0 Å². The van der Waals surface area contributed by atoms with Gasteiger partial charge in [-0.15, -0.1) is 0 Å². The Labute approximate surface area is 237 Å². The van der Waals surface area contributed by atoms with Crippen molar-refractivity contribution in [3.05, 3.63) is 118 Å². The minimum atomic E-state index is -0.381. The molecule has 0 fully saturated rings. The summed E-state index contributed by atoms with van der Waals surface area (Å²) in [5.41, 5.74) is 9.20. The van der Waals surface area contributed by atoms with Crippen molar-refractivity contribution in [1.29, 1.82) is 0 Å². The Morgan fingerprint density at radius 2 is 1.74 bits per heavy atom. The highest BCUT2D eigenvalue weighted by molar-refractivity contribution is 6.42. The van der Waals surface area contributed by atoms with Crippen LogP contribution in [0, 0.1) is 0 Å². The van der Waals surface area contributed by atoms with Crippen molar-refractivity contribution in [3.8, 4) is 5.69 Å². The molecule has 0 atom stereocenters. The molecule has 0 aliphatic heterocycles. The van der Waals surface area contributed by atoms with E-state index in [2.05, 4.69) is 41.5 Å². The van der Waals surface area contributed by atoms with Gasteiger partial charge in [-0.2, -0.15) is 0 Å². The smallest absolute Gasteiger partial charge is 0.198 e. The molecule has 1 aliphatic carbocycles. The lowest BCUT2D eigenvalue weighted by molar-refractivity contribution is -0.115. The first-order chi connectivity index (χ1) is 18.9. The Morgan fingerprint density at radius 3 is 2.44 bits per heavy atom. The Balaban J connectivity index is 1.79. The largest absolute Gasteiger partial charge is 0.342 e. The number of Topliss-reactive ketones (excluding diaryl/α,β-unsaturated/α-hetero) is 2. The van der Waals surface area contributed by atoms with Crippen LogP contribution in [0.4, 0.5) is 0 Å². The molecule has 0 unspecified atom stereocenters. The van der Waals surface area contributed by atoms with Gasteiger partial charge in [-0.3, -0.25) is 9.59 Å². The van der Waals surface area contributed by atoms with Crippen molar-refractivity contribution in [3.63, 3.8) is 0 Å². The van der Waals surface area contributed by atoms with Gasteiger partial charge in [0.2, 0.25) is 0 Å². The first-order valence-electron chi connectivity index (χ1n) is 12.4. The molecule has 0 amide bonds. The fourth-order valence-electron chi connectivity index (χ4n) is 5.37. The molecule has 0 spiro atoms. The van der Waals surface area contributed by atoms with E-state index in [1.807, 2.05) is 55.0 Å². The summed E-state index contributed by atoms with van der Waals surface area (Å²) in [6.45, 7) is 7.80. The lowest BCUT2D eigenvalue weighted by Gasteiger charge is -2.12. The zero-order chi connectivity index (χ0) is 27.8. The van der Waals surface area contributed by atoms with Gasteiger partial charge in [0, 0.05) is 45.9 Å². The lowest BCUT2D eigenvalue weighted by atomic mass is 10.0. The number of carbonyl (C=O) groups is 2. The first-order valence-corrected chi connectivity index (χ1v) is 13.3. The summed E-state index contributed by atoms with van der Waals surface area (Å²) in [6.07, 6.45) is 9.01. The Bertz CT molecular complexity index is 1850. The van der Waals surface area contributed by atoms with Crippen molar-refractivity contribution in [2.24, 2.45) is 7.05 Å². The summed E-state index contributed by atoms with van der Waals surface area (Å²) >= 11 is 11.7. The molecule has 6 heteroatoms. The molecule has 4 aromatic rings. The molecule has 39 heavy (non-hydrogen) atoms. The molecule has 2 aromatic heterocycles. The summed E-state index contributed by atoms with van der Waals surface area (Å²) in [5, 5.41) is 2.23. The minimum absolute atomic E-state index is 0.0733. The molecule has 0 saturated carbocycles. The van der Waals surface area contributed by atoms with Crippen molar-refractivity contribution in [1.82, 2.24) is 9.13 Å². The number of aryl methyl sites for hydroxylation is 1. The lowest BCUT2D eigenvalue weighted by Crippen LogP contribution is -2.05. The number of hydrogen-bond acceptors (Lipinski definition) is 2. The van der Waals surface area contributed by atoms with Crippen LogP contribution >= 0.6 is 23.2 Å². The highest BCUT2D eigenvalue weighted by atomic mass is 35.5. The van der Waals surface area contributed by atoms with E-state index in [1.54, 1.807) is 13.0 Å². The number of nitrogens with zero attached hydrogens (tertiary/aromatic N) is 2. The van der Waals surface area contributed by atoms with Crippen molar-refractivity contribution < 1.29 is 9.59 Å². The van der Waals surface area contributed by atoms with Gasteiger partial charge in [0.05, 0.1) is 28.0 Å². The molecule has 2 heterocycles. The van der Waals surface area contributed by atoms with Crippen LogP contribution in [0.1, 0.15) is 30.8 Å². The summed E-state index contributed by atoms with van der Waals surface area (Å²) in [4.78, 5) is 26.8. The van der Waals surface area contributed by atoms with E-state index in [1.165, 1.54) is 17.1 Å². The second-order valence-electron chi connectivity index (χ2n) is 9.29. The van der Waals surface area contributed by atoms with Gasteiger partial charge in [-0.1, -0.05) is 78.3 Å². The van der Waals surface area contributed by atoms with Crippen LogP contribution in [0.2, 0.25) is 0 Å². The number of benzene rings is 2. The van der Waals surface area contributed by atoms with Gasteiger partial charge in [0.25, 0.3) is 0 Å². The Kier molecular flexibility index (Phi) is 7.17. The monoisotopic (exact) mass is 552 g/mol. The zero-order valence-corrected chi connectivity index (χ0v) is 23.3. The third-order valence-corrected chi connectivity index (χ3v) is 7.56. The molecule has 0 N–H and O–H groups in total. The fraction of sp³-hybridized carbons (Fsp3) is 0.0909. The average Bonchev–Trinajstić information content (AvgIpc) is 3.51. The molecular weight excluding hydrogens is 527 g/mol. The van der Waals surface area contributed by atoms with Crippen molar-refractivity contribution in [2.45, 2.75) is 13.8 Å². The van der Waals surface area contributed by atoms with Gasteiger partial charge in [0.15, 0.2) is 11.6 Å². The zero-order valence-electron chi connectivity index (χ0n) is 21.8. The van der Waals surface area contributed by atoms with Crippen LogP contribution in [0.15, 0.2) is 101 Å². The normalized spacial score (nSPS) is 15.9. The second-order valence-corrected chi connectivity index (χ2v) is 9.76. The summed E-state index contributed by atoms with van der Waals surface area (Å²) < 4.78 is 4.19. The second kappa shape index (κ2) is 10.6. The van der Waals surface area contributed by atoms with Crippen LogP contribution in [0.5, 0.6) is 0 Å². The van der Waals surface area contributed by atoms with E-state index in [4.69, 9.17) is 23.2 Å². The van der Waals surface area contributed by atoms with Crippen LogP contribution in [-0.4, -0.2) is 20.7 Å². The number of rotatable bonds is 6. The molecule has 0 saturated heterocycles. The molecule has 0 bridgehead atoms. The van der Waals surface area contributed by atoms with Crippen LogP contribution in [0.25, 0.3) is 45.7 Å². The van der Waals surface area contributed by atoms with Gasteiger partial charge in [0.1, 0.15) is 0 Å². The highest BCUT2D eigenvalue weighted by Crippen LogP contribution is 2.38. The van der Waals surface area contributed by atoms with Crippen LogP contribution in [0.3, 0.4) is 0 Å². The highest BCUT2D eigenvalue weighted by Gasteiger charge is 2.35. The molecule has 2 aromatic carbocycles. The number of carbonyl (C=O) groups excluding carboxylic acids is 2. The van der Waals surface area contributed by atoms with E-state index >= 15 is 0 Å². The fourth-order valence-corrected chi connectivity index (χ4v) is 5.60. The molecule has 1 aliphatic rings. The van der Waals surface area contributed by atoms with E-state index < -0.39 is 0 Å². The summed E-state index contributed by atoms with van der Waals surface area (Å²) in [5.74, 6) is -0.754. The number of halogens is 2. The van der Waals surface area contributed by atoms with E-state index in [0.717, 1.165) is 44.4 Å². The molecule has 4 nitrogen and oxygen atoms in total. The van der Waals surface area contributed by atoms with Crippen molar-refractivity contribution in [2.75, 3.05) is 0 Å². The predicted molar refractivity (Wildman–Crippen MR) is 164 cm³/mol. The number of allylic oxidation sites excluding steroid dienone is 6. The average molecular weight is 553 g/mol. The first kappa shape index (κ1) is 26.5. The Morgan fingerprint density at radius 1 is 1.00 bits per heavy atom. The van der Waals surface area contributed by atoms with Gasteiger partial charge in [-0.05, 0) is 55.2 Å². The van der Waals surface area contributed by atoms with Gasteiger partial charge < -0.3 is 9.13 Å². The number of ketones is 2. The van der Waals surface area contributed by atoms with Crippen LogP contribution in [-0.2, 0) is 16.6 Å². The van der Waals surface area contributed by atoms with Crippen molar-refractivity contribution >= 4 is 74.8 Å². The maximum absolute atomic E-state index is 13.4. The van der Waals surface area contributed by atoms with Gasteiger partial charge in [-0.25, -0.2) is 0 Å². The van der Waals surface area contributed by atoms with E-state index in [0.29, 0.717) is 5.57 Å². The van der Waals surface area contributed by atoms with Crippen LogP contribution < -0.4 is 0 Å². The number of aromatic nitrogens is 2. The maximum atomic E-state index is 13.4. The topological polar surface area (TPSA) is 44.0 Å². The summed E-state index contributed by atoms with van der Waals surface area (Å²) in [7, 11) is 1.93. The maximum Gasteiger partial charge on any atom is 0.198 e.